The molecule has 0 amide bonds. The van der Waals surface area contributed by atoms with Crippen molar-refractivity contribution in [2.24, 2.45) is 17.3 Å². The van der Waals surface area contributed by atoms with Crippen LogP contribution in [0, 0.1) is 17.3 Å². The van der Waals surface area contributed by atoms with E-state index >= 15 is 0 Å². The van der Waals surface area contributed by atoms with Crippen molar-refractivity contribution in [2.45, 2.75) is 77.1 Å². The summed E-state index contributed by atoms with van der Waals surface area (Å²) in [5.41, 5.74) is 0.0772. The lowest BCUT2D eigenvalue weighted by Crippen LogP contribution is -2.54. The fraction of sp³-hybridized carbons (Fsp3) is 1.00. The Kier molecular flexibility index (Phi) is 2.30. The van der Waals surface area contributed by atoms with Gasteiger partial charge in [0.1, 0.15) is 0 Å². The molecule has 2 nitrogen and oxygen atoms in total. The lowest BCUT2D eigenvalue weighted by atomic mass is 9.50. The van der Waals surface area contributed by atoms with Crippen molar-refractivity contribution in [1.82, 2.24) is 0 Å². The van der Waals surface area contributed by atoms with Gasteiger partial charge in [-0.25, -0.2) is 0 Å². The maximum Gasteiger partial charge on any atom is 0.0920 e. The van der Waals surface area contributed by atoms with E-state index in [9.17, 15) is 5.11 Å². The second-order valence-corrected chi connectivity index (χ2v) is 7.76. The summed E-state index contributed by atoms with van der Waals surface area (Å²) < 4.78 is 5.84. The van der Waals surface area contributed by atoms with Gasteiger partial charge in [-0.3, -0.25) is 0 Å². The fourth-order valence-electron chi connectivity index (χ4n) is 4.42. The first-order valence-corrected chi connectivity index (χ1v) is 7.15. The topological polar surface area (TPSA) is 32.8 Å². The maximum atomic E-state index is 10.7. The maximum absolute atomic E-state index is 10.7. The molecule has 0 unspecified atom stereocenters. The van der Waals surface area contributed by atoms with Crippen molar-refractivity contribution < 1.29 is 9.84 Å². The van der Waals surface area contributed by atoms with Gasteiger partial charge in [0.15, 0.2) is 0 Å². The number of rotatable bonds is 0. The van der Waals surface area contributed by atoms with Gasteiger partial charge in [-0.05, 0) is 63.2 Å². The monoisotopic (exact) mass is 238 g/mol. The molecule has 3 fully saturated rings. The van der Waals surface area contributed by atoms with Crippen LogP contribution < -0.4 is 0 Å². The van der Waals surface area contributed by atoms with Crippen molar-refractivity contribution in [3.8, 4) is 0 Å². The minimum atomic E-state index is -0.475. The first-order chi connectivity index (χ1) is 7.75. The van der Waals surface area contributed by atoms with Gasteiger partial charge in [-0.15, -0.1) is 0 Å². The average Bonchev–Trinajstić information content (AvgIpc) is 2.83. The van der Waals surface area contributed by atoms with E-state index in [4.69, 9.17) is 4.74 Å². The second-order valence-electron chi connectivity index (χ2n) is 7.76. The van der Waals surface area contributed by atoms with E-state index in [2.05, 4.69) is 20.8 Å². The zero-order valence-electron chi connectivity index (χ0n) is 11.6. The molecule has 1 N–H and O–H groups in total. The Bertz CT molecular complexity index is 334. The van der Waals surface area contributed by atoms with Crippen molar-refractivity contribution in [3.63, 3.8) is 0 Å². The molecule has 0 aromatic carbocycles. The van der Waals surface area contributed by atoms with Gasteiger partial charge in [-0.2, -0.15) is 0 Å². The van der Waals surface area contributed by atoms with Crippen LogP contribution >= 0.6 is 0 Å². The molecule has 2 heteroatoms. The van der Waals surface area contributed by atoms with E-state index in [-0.39, 0.29) is 5.60 Å². The predicted octanol–water partition coefficient (Wildman–Crippen LogP) is 3.13. The van der Waals surface area contributed by atoms with Gasteiger partial charge in [0.05, 0.1) is 17.3 Å². The minimum Gasteiger partial charge on any atom is -0.390 e. The number of hydrogen-bond acceptors (Lipinski definition) is 2. The molecule has 0 aromatic rings. The van der Waals surface area contributed by atoms with Crippen LogP contribution in [0.2, 0.25) is 0 Å². The van der Waals surface area contributed by atoms with Gasteiger partial charge < -0.3 is 9.84 Å². The Morgan fingerprint density at radius 1 is 1.00 bits per heavy atom. The van der Waals surface area contributed by atoms with Crippen molar-refractivity contribution >= 4 is 0 Å². The van der Waals surface area contributed by atoms with Gasteiger partial charge in [0.25, 0.3) is 0 Å². The van der Waals surface area contributed by atoms with Crippen LogP contribution in [0.5, 0.6) is 0 Å². The third kappa shape index (κ3) is 1.76. The van der Waals surface area contributed by atoms with E-state index in [1.807, 2.05) is 6.92 Å². The highest BCUT2D eigenvalue weighted by molar-refractivity contribution is 5.08. The number of fused-ring (bicyclic) bond motifs is 2. The van der Waals surface area contributed by atoms with Crippen LogP contribution in [0.4, 0.5) is 0 Å². The molecule has 0 spiro atoms. The second kappa shape index (κ2) is 3.27. The zero-order chi connectivity index (χ0) is 12.5. The summed E-state index contributed by atoms with van der Waals surface area (Å²) in [5, 5.41) is 10.7. The van der Waals surface area contributed by atoms with E-state index in [1.165, 1.54) is 19.3 Å². The van der Waals surface area contributed by atoms with Gasteiger partial charge in [0.2, 0.25) is 0 Å². The normalized spacial score (nSPS) is 56.6. The molecule has 3 aliphatic rings. The Labute approximate surface area is 105 Å². The third-order valence-electron chi connectivity index (χ3n) is 5.93. The van der Waals surface area contributed by atoms with E-state index in [1.54, 1.807) is 0 Å². The van der Waals surface area contributed by atoms with Crippen LogP contribution in [0.1, 0.15) is 59.8 Å². The summed E-state index contributed by atoms with van der Waals surface area (Å²) in [5.74, 6) is 1.19. The molecule has 0 radical (unpaired) electrons. The van der Waals surface area contributed by atoms with Crippen LogP contribution in [0.15, 0.2) is 0 Å². The first-order valence-electron chi connectivity index (χ1n) is 7.15. The summed E-state index contributed by atoms with van der Waals surface area (Å²) in [7, 11) is 0. The molecule has 1 saturated heterocycles. The first kappa shape index (κ1) is 12.0. The molecule has 0 bridgehead atoms. The zero-order valence-corrected chi connectivity index (χ0v) is 11.6. The summed E-state index contributed by atoms with van der Waals surface area (Å²) in [6.07, 6.45) is 5.94. The Morgan fingerprint density at radius 2 is 1.71 bits per heavy atom. The predicted molar refractivity (Wildman–Crippen MR) is 67.7 cm³/mol. The molecular formula is C15H26O2. The lowest BCUT2D eigenvalue weighted by Gasteiger charge is -2.57. The SMILES string of the molecule is CC1(C)C[C@@H]2[C@H]1CC[C@@]1(C)O[C@H]1CC[C@@]2(C)O. The lowest BCUT2D eigenvalue weighted by molar-refractivity contribution is -0.144. The quantitative estimate of drug-likeness (QED) is 0.658. The number of aliphatic hydroxyl groups is 1. The molecule has 1 heterocycles. The molecule has 5 atom stereocenters. The standard InChI is InChI=1S/C15H26O2/c1-13(2)9-11-10(13)5-8-15(4)12(17-15)6-7-14(11,3)16/h10-12,16H,5-9H2,1-4H3/t10-,11-,12+,14-,15-/m1/s1. The number of ether oxygens (including phenoxy) is 1. The molecule has 0 aromatic heterocycles. The molecule has 17 heavy (non-hydrogen) atoms. The van der Waals surface area contributed by atoms with Gasteiger partial charge >= 0.3 is 0 Å². The smallest absolute Gasteiger partial charge is 0.0920 e. The number of epoxide rings is 1. The number of hydrogen-bond donors (Lipinski definition) is 1. The van der Waals surface area contributed by atoms with Crippen molar-refractivity contribution in [1.29, 1.82) is 0 Å². The Hall–Kier alpha value is -0.0800. The van der Waals surface area contributed by atoms with E-state index in [0.717, 1.165) is 12.8 Å². The van der Waals surface area contributed by atoms with Crippen LogP contribution in [-0.4, -0.2) is 22.4 Å². The molecule has 2 saturated carbocycles. The molecular weight excluding hydrogens is 212 g/mol. The Balaban J connectivity index is 1.81. The van der Waals surface area contributed by atoms with Crippen LogP contribution in [0.25, 0.3) is 0 Å². The minimum absolute atomic E-state index is 0.136. The van der Waals surface area contributed by atoms with Crippen molar-refractivity contribution in [2.75, 3.05) is 0 Å². The van der Waals surface area contributed by atoms with Gasteiger partial charge in [-0.1, -0.05) is 13.8 Å². The summed E-state index contributed by atoms with van der Waals surface area (Å²) >= 11 is 0. The fourth-order valence-corrected chi connectivity index (χ4v) is 4.42. The van der Waals surface area contributed by atoms with Crippen LogP contribution in [-0.2, 0) is 4.74 Å². The van der Waals surface area contributed by atoms with E-state index in [0.29, 0.717) is 23.4 Å². The molecule has 3 rings (SSSR count). The largest absolute Gasteiger partial charge is 0.390 e. The summed E-state index contributed by atoms with van der Waals surface area (Å²) in [6.45, 7) is 9.01. The highest BCUT2D eigenvalue weighted by atomic mass is 16.6. The average molecular weight is 238 g/mol. The Morgan fingerprint density at radius 3 is 2.35 bits per heavy atom. The molecule has 2 aliphatic carbocycles. The highest BCUT2D eigenvalue weighted by Crippen LogP contribution is 2.60. The molecule has 98 valence electrons. The summed E-state index contributed by atoms with van der Waals surface area (Å²) in [4.78, 5) is 0. The van der Waals surface area contributed by atoms with Crippen molar-refractivity contribution in [3.05, 3.63) is 0 Å². The third-order valence-corrected chi connectivity index (χ3v) is 5.93. The summed E-state index contributed by atoms with van der Waals surface area (Å²) in [6, 6.07) is 0. The van der Waals surface area contributed by atoms with Gasteiger partial charge in [0, 0.05) is 0 Å². The van der Waals surface area contributed by atoms with Crippen LogP contribution in [0.3, 0.4) is 0 Å². The molecule has 1 aliphatic heterocycles. The van der Waals surface area contributed by atoms with E-state index < -0.39 is 5.60 Å². The highest BCUT2D eigenvalue weighted by Gasteiger charge is 2.59.